The summed E-state index contributed by atoms with van der Waals surface area (Å²) in [5.41, 5.74) is -3.86. The zero-order chi connectivity index (χ0) is 20.2. The molecule has 0 aromatic heterocycles. The van der Waals surface area contributed by atoms with Crippen molar-refractivity contribution in [2.24, 2.45) is 16.7 Å². The highest BCUT2D eigenvalue weighted by atomic mass is 16.7. The van der Waals surface area contributed by atoms with Gasteiger partial charge in [0.1, 0.15) is 6.10 Å². The van der Waals surface area contributed by atoms with Crippen molar-refractivity contribution >= 4 is 11.6 Å². The average molecular weight is 377 g/mol. The topological polar surface area (TPSA) is 157 Å². The maximum Gasteiger partial charge on any atom is 0.269 e. The third-order valence-corrected chi connectivity index (χ3v) is 6.20. The number of rotatable bonds is 2. The summed E-state index contributed by atoms with van der Waals surface area (Å²) in [6, 6.07) is 11.5. The molecule has 28 heavy (non-hydrogen) atoms. The number of nitrogens with zero attached hydrogens (tertiary/aromatic N) is 4. The first kappa shape index (κ1) is 17.9. The molecule has 0 spiro atoms. The van der Waals surface area contributed by atoms with Crippen LogP contribution in [0.2, 0.25) is 0 Å². The van der Waals surface area contributed by atoms with Crippen molar-refractivity contribution in [3.05, 3.63) is 39.9 Å². The summed E-state index contributed by atoms with van der Waals surface area (Å²) in [5, 5.41) is 49.9. The van der Waals surface area contributed by atoms with Crippen LogP contribution in [0.4, 0.5) is 5.69 Å². The fourth-order valence-electron chi connectivity index (χ4n) is 4.96. The van der Waals surface area contributed by atoms with Gasteiger partial charge in [-0.15, -0.1) is 0 Å². The Labute approximate surface area is 160 Å². The van der Waals surface area contributed by atoms with Crippen molar-refractivity contribution in [2.45, 2.75) is 37.6 Å². The molecule has 2 bridgehead atoms. The van der Waals surface area contributed by atoms with Crippen LogP contribution in [-0.2, 0) is 9.47 Å². The summed E-state index contributed by atoms with van der Waals surface area (Å²) in [4.78, 5) is 10.6. The number of benzene rings is 1. The van der Waals surface area contributed by atoms with Gasteiger partial charge in [-0.05, 0) is 18.4 Å². The second-order valence-electron chi connectivity index (χ2n) is 7.34. The predicted octanol–water partition coefficient (Wildman–Crippen LogP) is 3.10. The molecule has 1 aromatic carbocycles. The van der Waals surface area contributed by atoms with Crippen molar-refractivity contribution in [1.82, 2.24) is 0 Å². The second-order valence-corrected chi connectivity index (χ2v) is 7.34. The molecule has 2 saturated heterocycles. The molecule has 3 fully saturated rings. The second kappa shape index (κ2) is 5.76. The molecule has 1 aliphatic carbocycles. The van der Waals surface area contributed by atoms with Gasteiger partial charge in [0.05, 0.1) is 29.0 Å². The van der Waals surface area contributed by atoms with Crippen LogP contribution in [0.3, 0.4) is 0 Å². The minimum Gasteiger partial charge on any atom is -0.447 e. The first-order chi connectivity index (χ1) is 13.4. The van der Waals surface area contributed by atoms with Crippen LogP contribution < -0.4 is 0 Å². The van der Waals surface area contributed by atoms with E-state index in [-0.39, 0.29) is 11.3 Å². The maximum atomic E-state index is 11.2. The Morgan fingerprint density at radius 2 is 1.96 bits per heavy atom. The van der Waals surface area contributed by atoms with E-state index in [0.717, 1.165) is 12.8 Å². The molecule has 4 rings (SSSR count). The quantitative estimate of drug-likeness (QED) is 0.612. The largest absolute Gasteiger partial charge is 0.447 e. The number of hydrogen-bond acceptors (Lipinski definition) is 8. The summed E-state index contributed by atoms with van der Waals surface area (Å²) >= 11 is 0. The van der Waals surface area contributed by atoms with E-state index in [4.69, 9.17) is 14.9 Å². The molecule has 9 nitrogen and oxygen atoms in total. The fourth-order valence-corrected chi connectivity index (χ4v) is 4.96. The zero-order valence-corrected chi connectivity index (χ0v) is 14.7. The van der Waals surface area contributed by atoms with Gasteiger partial charge in [-0.3, -0.25) is 15.5 Å². The lowest BCUT2D eigenvalue weighted by Gasteiger charge is -2.51. The molecule has 0 unspecified atom stereocenters. The van der Waals surface area contributed by atoms with E-state index in [1.807, 2.05) is 12.1 Å². The summed E-state index contributed by atoms with van der Waals surface area (Å²) in [5.74, 6) is -2.34. The van der Waals surface area contributed by atoms with E-state index in [0.29, 0.717) is 12.8 Å². The molecule has 1 saturated carbocycles. The Bertz CT molecular complexity index is 1000. The monoisotopic (exact) mass is 377 g/mol. The van der Waals surface area contributed by atoms with E-state index in [9.17, 15) is 25.9 Å². The van der Waals surface area contributed by atoms with E-state index in [2.05, 4.69) is 6.07 Å². The van der Waals surface area contributed by atoms with Crippen LogP contribution in [-0.4, -0.2) is 16.6 Å². The summed E-state index contributed by atoms with van der Waals surface area (Å²) in [6.45, 7) is 0. The van der Waals surface area contributed by atoms with Gasteiger partial charge in [-0.25, -0.2) is 0 Å². The summed E-state index contributed by atoms with van der Waals surface area (Å²) < 4.78 is 12.0. The first-order valence-electron chi connectivity index (χ1n) is 8.85. The number of nitro groups is 1. The van der Waals surface area contributed by atoms with E-state index in [1.54, 1.807) is 0 Å². The number of nitrogens with one attached hydrogen (secondary N) is 1. The van der Waals surface area contributed by atoms with E-state index in [1.165, 1.54) is 24.3 Å². The normalized spacial score (nSPS) is 34.8. The van der Waals surface area contributed by atoms with Crippen LogP contribution in [0.25, 0.3) is 0 Å². The van der Waals surface area contributed by atoms with Crippen molar-refractivity contribution in [3.8, 4) is 18.2 Å². The van der Waals surface area contributed by atoms with E-state index < -0.39 is 39.5 Å². The summed E-state index contributed by atoms with van der Waals surface area (Å²) in [6.07, 6.45) is 1.16. The van der Waals surface area contributed by atoms with Crippen LogP contribution >= 0.6 is 0 Å². The van der Waals surface area contributed by atoms with Gasteiger partial charge < -0.3 is 9.47 Å². The minimum atomic E-state index is -2.07. The Balaban J connectivity index is 1.99. The molecule has 2 aliphatic heterocycles. The maximum absolute atomic E-state index is 11.2. The lowest BCUT2D eigenvalue weighted by atomic mass is 9.51. The molecule has 0 radical (unpaired) electrons. The first-order valence-corrected chi connectivity index (χ1v) is 8.85. The van der Waals surface area contributed by atoms with Crippen LogP contribution in [0.5, 0.6) is 0 Å². The lowest BCUT2D eigenvalue weighted by molar-refractivity contribution is -0.385. The molecule has 0 amide bonds. The molecule has 9 heteroatoms. The fraction of sp³-hybridized carbons (Fsp3) is 0.474. The zero-order valence-electron chi connectivity index (χ0n) is 14.7. The lowest BCUT2D eigenvalue weighted by Crippen LogP contribution is -2.60. The number of ether oxygens (including phenoxy) is 2. The smallest absolute Gasteiger partial charge is 0.269 e. The number of nitro benzene ring substituents is 1. The third kappa shape index (κ3) is 1.88. The van der Waals surface area contributed by atoms with Crippen molar-refractivity contribution in [2.75, 3.05) is 0 Å². The Morgan fingerprint density at radius 1 is 1.21 bits per heavy atom. The van der Waals surface area contributed by atoms with Gasteiger partial charge in [0, 0.05) is 18.6 Å². The van der Waals surface area contributed by atoms with Crippen LogP contribution in [0.1, 0.15) is 37.4 Å². The SMILES string of the molecule is N#CC1(C#N)[C@H](c2cccc([N+](=O)[O-])c2)O[C@@]23CCCC[C@H]2[C@]1(C#N)C(=N)O3. The summed E-state index contributed by atoms with van der Waals surface area (Å²) in [7, 11) is 0. The molecule has 3 aliphatic rings. The van der Waals surface area contributed by atoms with Crippen molar-refractivity contribution in [1.29, 1.82) is 21.2 Å². The molecular weight excluding hydrogens is 362 g/mol. The Kier molecular flexibility index (Phi) is 3.68. The van der Waals surface area contributed by atoms with Gasteiger partial charge >= 0.3 is 0 Å². The van der Waals surface area contributed by atoms with E-state index >= 15 is 0 Å². The third-order valence-electron chi connectivity index (χ3n) is 6.20. The van der Waals surface area contributed by atoms with Gasteiger partial charge in [0.15, 0.2) is 5.41 Å². The van der Waals surface area contributed by atoms with Crippen molar-refractivity contribution in [3.63, 3.8) is 0 Å². The number of nitriles is 3. The molecular formula is C19H15N5O4. The Morgan fingerprint density at radius 3 is 2.61 bits per heavy atom. The Hall–Kier alpha value is -3.48. The molecule has 1 aromatic rings. The van der Waals surface area contributed by atoms with Crippen molar-refractivity contribution < 1.29 is 14.4 Å². The standard InChI is InChI=1S/C19H15N5O4/c20-9-17(10-21)15(12-4-3-5-13(8-12)24(25)26)27-19-7-2-1-6-14(19)18(17,11-22)16(23)28-19/h3-5,8,14-15,23H,1-2,6-7H2/t14-,15-,18+,19+/m0/s1. The molecule has 4 atom stereocenters. The number of hydrogen-bond donors (Lipinski definition) is 1. The van der Waals surface area contributed by atoms with Crippen LogP contribution in [0.15, 0.2) is 24.3 Å². The highest BCUT2D eigenvalue weighted by molar-refractivity contribution is 5.89. The molecule has 2 heterocycles. The average Bonchev–Trinajstić information content (AvgIpc) is 2.92. The van der Waals surface area contributed by atoms with Gasteiger partial charge in [-0.1, -0.05) is 18.6 Å². The highest BCUT2D eigenvalue weighted by Gasteiger charge is 2.80. The molecule has 1 N–H and O–H groups in total. The van der Waals surface area contributed by atoms with Crippen LogP contribution in [0, 0.1) is 66.3 Å². The van der Waals surface area contributed by atoms with Gasteiger partial charge in [0.25, 0.3) is 5.69 Å². The molecule has 140 valence electrons. The van der Waals surface area contributed by atoms with Gasteiger partial charge in [0.2, 0.25) is 17.1 Å². The minimum absolute atomic E-state index is 0.219. The highest BCUT2D eigenvalue weighted by Crippen LogP contribution is 2.69. The predicted molar refractivity (Wildman–Crippen MR) is 92.1 cm³/mol. The number of non-ortho nitro benzene ring substituents is 1. The van der Waals surface area contributed by atoms with Gasteiger partial charge in [-0.2, -0.15) is 15.8 Å².